The number of carbonyl (C=O) groups excluding carboxylic acids is 1. The summed E-state index contributed by atoms with van der Waals surface area (Å²) in [5.41, 5.74) is 3.77. The van der Waals surface area contributed by atoms with Gasteiger partial charge in [-0.1, -0.05) is 6.07 Å². The number of aryl methyl sites for hydroxylation is 1. The molecule has 0 aliphatic heterocycles. The van der Waals surface area contributed by atoms with E-state index in [1.54, 1.807) is 6.07 Å². The monoisotopic (exact) mass is 267 g/mol. The van der Waals surface area contributed by atoms with Crippen molar-refractivity contribution in [3.05, 3.63) is 71.2 Å². The molecule has 3 aromatic rings. The first-order chi connectivity index (χ1) is 9.67. The lowest BCUT2D eigenvalue weighted by atomic mass is 10.1. The summed E-state index contributed by atoms with van der Waals surface area (Å²) in [7, 11) is 0. The molecule has 0 radical (unpaired) electrons. The maximum absolute atomic E-state index is 13.1. The fourth-order valence-electron chi connectivity index (χ4n) is 2.45. The SMILES string of the molecule is Cc1cc(F)ccc1Cn1ccc2cc(C=O)ccc21. The van der Waals surface area contributed by atoms with Crippen LogP contribution in [0.5, 0.6) is 0 Å². The van der Waals surface area contributed by atoms with E-state index in [-0.39, 0.29) is 5.82 Å². The van der Waals surface area contributed by atoms with Gasteiger partial charge >= 0.3 is 0 Å². The normalized spacial score (nSPS) is 10.9. The molecule has 100 valence electrons. The number of benzene rings is 2. The van der Waals surface area contributed by atoms with Crippen molar-refractivity contribution in [2.75, 3.05) is 0 Å². The summed E-state index contributed by atoms with van der Waals surface area (Å²) in [6.45, 7) is 2.60. The zero-order chi connectivity index (χ0) is 14.1. The highest BCUT2D eigenvalue weighted by Gasteiger charge is 2.05. The molecule has 3 rings (SSSR count). The summed E-state index contributed by atoms with van der Waals surface area (Å²) < 4.78 is 15.2. The molecule has 0 bridgehead atoms. The first-order valence-electron chi connectivity index (χ1n) is 6.46. The van der Waals surface area contributed by atoms with Gasteiger partial charge in [0.1, 0.15) is 12.1 Å². The lowest BCUT2D eigenvalue weighted by molar-refractivity contribution is 0.112. The maximum Gasteiger partial charge on any atom is 0.150 e. The Kier molecular flexibility index (Phi) is 3.11. The summed E-state index contributed by atoms with van der Waals surface area (Å²) in [4.78, 5) is 10.8. The van der Waals surface area contributed by atoms with Crippen molar-refractivity contribution in [2.24, 2.45) is 0 Å². The van der Waals surface area contributed by atoms with Crippen molar-refractivity contribution in [1.29, 1.82) is 0 Å². The van der Waals surface area contributed by atoms with Crippen LogP contribution in [0.15, 0.2) is 48.7 Å². The number of nitrogens with zero attached hydrogens (tertiary/aromatic N) is 1. The largest absolute Gasteiger partial charge is 0.343 e. The highest BCUT2D eigenvalue weighted by atomic mass is 19.1. The van der Waals surface area contributed by atoms with Gasteiger partial charge in [-0.15, -0.1) is 0 Å². The number of hydrogen-bond acceptors (Lipinski definition) is 1. The molecule has 0 N–H and O–H groups in total. The minimum atomic E-state index is -0.209. The molecule has 1 heterocycles. The van der Waals surface area contributed by atoms with Gasteiger partial charge in [0.15, 0.2) is 0 Å². The average molecular weight is 267 g/mol. The second-order valence-electron chi connectivity index (χ2n) is 4.95. The number of carbonyl (C=O) groups is 1. The fourth-order valence-corrected chi connectivity index (χ4v) is 2.45. The Labute approximate surface area is 116 Å². The van der Waals surface area contributed by atoms with Gasteiger partial charge < -0.3 is 4.57 Å². The van der Waals surface area contributed by atoms with Gasteiger partial charge in [-0.05, 0) is 54.4 Å². The van der Waals surface area contributed by atoms with E-state index in [0.29, 0.717) is 12.1 Å². The van der Waals surface area contributed by atoms with E-state index < -0.39 is 0 Å². The van der Waals surface area contributed by atoms with Crippen LogP contribution >= 0.6 is 0 Å². The number of aldehydes is 1. The van der Waals surface area contributed by atoms with Crippen LogP contribution in [0.1, 0.15) is 21.5 Å². The van der Waals surface area contributed by atoms with Crippen LogP contribution in [-0.4, -0.2) is 10.9 Å². The Bertz CT molecular complexity index is 789. The molecule has 0 spiro atoms. The molecule has 0 atom stereocenters. The van der Waals surface area contributed by atoms with E-state index in [1.807, 2.05) is 43.5 Å². The molecule has 3 heteroatoms. The lowest BCUT2D eigenvalue weighted by Crippen LogP contribution is -2.00. The third kappa shape index (κ3) is 2.23. The Morgan fingerprint density at radius 1 is 1.15 bits per heavy atom. The van der Waals surface area contributed by atoms with E-state index in [1.165, 1.54) is 6.07 Å². The minimum absolute atomic E-state index is 0.209. The number of aromatic nitrogens is 1. The van der Waals surface area contributed by atoms with E-state index in [2.05, 4.69) is 4.57 Å². The van der Waals surface area contributed by atoms with Gasteiger partial charge in [0.05, 0.1) is 0 Å². The molecule has 0 aliphatic carbocycles. The molecule has 2 aromatic carbocycles. The van der Waals surface area contributed by atoms with Crippen LogP contribution in [0.25, 0.3) is 10.9 Å². The number of hydrogen-bond donors (Lipinski definition) is 0. The van der Waals surface area contributed by atoms with Gasteiger partial charge in [0.25, 0.3) is 0 Å². The maximum atomic E-state index is 13.1. The van der Waals surface area contributed by atoms with Crippen LogP contribution in [0.4, 0.5) is 4.39 Å². The van der Waals surface area contributed by atoms with Crippen molar-refractivity contribution in [3.63, 3.8) is 0 Å². The van der Waals surface area contributed by atoms with Gasteiger partial charge in [-0.25, -0.2) is 4.39 Å². The van der Waals surface area contributed by atoms with Gasteiger partial charge in [0, 0.05) is 29.2 Å². The summed E-state index contributed by atoms with van der Waals surface area (Å²) in [5, 5.41) is 1.04. The van der Waals surface area contributed by atoms with E-state index in [9.17, 15) is 9.18 Å². The third-order valence-corrected chi connectivity index (χ3v) is 3.58. The number of halogens is 1. The van der Waals surface area contributed by atoms with Crippen LogP contribution < -0.4 is 0 Å². The molecular formula is C17H14FNO. The van der Waals surface area contributed by atoms with Gasteiger partial charge in [0.2, 0.25) is 0 Å². The zero-order valence-electron chi connectivity index (χ0n) is 11.1. The highest BCUT2D eigenvalue weighted by Crippen LogP contribution is 2.20. The summed E-state index contributed by atoms with van der Waals surface area (Å²) >= 11 is 0. The predicted octanol–water partition coefficient (Wildman–Crippen LogP) is 3.95. The summed E-state index contributed by atoms with van der Waals surface area (Å²) in [6, 6.07) is 12.5. The smallest absolute Gasteiger partial charge is 0.150 e. The summed E-state index contributed by atoms with van der Waals surface area (Å²) in [5.74, 6) is -0.209. The van der Waals surface area contributed by atoms with Crippen molar-refractivity contribution in [2.45, 2.75) is 13.5 Å². The first kappa shape index (κ1) is 12.6. The zero-order valence-corrected chi connectivity index (χ0v) is 11.1. The Morgan fingerprint density at radius 2 is 2.00 bits per heavy atom. The second-order valence-corrected chi connectivity index (χ2v) is 4.95. The molecule has 0 aliphatic rings. The second kappa shape index (κ2) is 4.93. The van der Waals surface area contributed by atoms with Crippen molar-refractivity contribution < 1.29 is 9.18 Å². The van der Waals surface area contributed by atoms with Gasteiger partial charge in [-0.2, -0.15) is 0 Å². The molecule has 20 heavy (non-hydrogen) atoms. The number of fused-ring (bicyclic) bond motifs is 1. The Hall–Kier alpha value is -2.42. The molecule has 0 amide bonds. The van der Waals surface area contributed by atoms with Crippen LogP contribution in [-0.2, 0) is 6.54 Å². The highest BCUT2D eigenvalue weighted by molar-refractivity contribution is 5.87. The number of rotatable bonds is 3. The standard InChI is InChI=1S/C17H14FNO/c1-12-8-16(18)4-3-15(12)10-19-7-6-14-9-13(11-20)2-5-17(14)19/h2-9,11H,10H2,1H3. The van der Waals surface area contributed by atoms with Crippen LogP contribution in [0, 0.1) is 12.7 Å². The molecule has 1 aromatic heterocycles. The van der Waals surface area contributed by atoms with Crippen molar-refractivity contribution in [3.8, 4) is 0 Å². The topological polar surface area (TPSA) is 22.0 Å². The molecule has 0 saturated carbocycles. The van der Waals surface area contributed by atoms with Crippen molar-refractivity contribution in [1.82, 2.24) is 4.57 Å². The molecule has 0 saturated heterocycles. The first-order valence-corrected chi connectivity index (χ1v) is 6.46. The summed E-state index contributed by atoms with van der Waals surface area (Å²) in [6.07, 6.45) is 2.84. The Morgan fingerprint density at radius 3 is 2.75 bits per heavy atom. The van der Waals surface area contributed by atoms with Gasteiger partial charge in [-0.3, -0.25) is 4.79 Å². The minimum Gasteiger partial charge on any atom is -0.343 e. The molecule has 2 nitrogen and oxygen atoms in total. The predicted molar refractivity (Wildman–Crippen MR) is 77.6 cm³/mol. The van der Waals surface area contributed by atoms with E-state index >= 15 is 0 Å². The van der Waals surface area contributed by atoms with E-state index in [0.717, 1.165) is 28.3 Å². The lowest BCUT2D eigenvalue weighted by Gasteiger charge is -2.09. The van der Waals surface area contributed by atoms with E-state index in [4.69, 9.17) is 0 Å². The van der Waals surface area contributed by atoms with Crippen LogP contribution in [0.2, 0.25) is 0 Å². The van der Waals surface area contributed by atoms with Crippen molar-refractivity contribution >= 4 is 17.2 Å². The quantitative estimate of drug-likeness (QED) is 0.659. The Balaban J connectivity index is 2.00. The molecular weight excluding hydrogens is 253 g/mol. The average Bonchev–Trinajstić information content (AvgIpc) is 2.84. The molecule has 0 unspecified atom stereocenters. The molecule has 0 fully saturated rings. The van der Waals surface area contributed by atoms with Crippen LogP contribution in [0.3, 0.4) is 0 Å². The fraction of sp³-hybridized carbons (Fsp3) is 0.118. The third-order valence-electron chi connectivity index (χ3n) is 3.58.